The second-order valence-electron chi connectivity index (χ2n) is 5.76. The van der Waals surface area contributed by atoms with Gasteiger partial charge in [-0.05, 0) is 35.9 Å². The van der Waals surface area contributed by atoms with E-state index in [-0.39, 0.29) is 29.2 Å². The first-order chi connectivity index (χ1) is 13.0. The van der Waals surface area contributed by atoms with Crippen LogP contribution in [0.4, 0.5) is 5.69 Å². The topological polar surface area (TPSA) is 95.9 Å². The number of nitrogens with one attached hydrogen (secondary N) is 1. The Balaban J connectivity index is 1.86. The van der Waals surface area contributed by atoms with Gasteiger partial charge in [-0.25, -0.2) is 4.79 Å². The standard InChI is InChI=1S/C21H17NO5/c23-18-9-5-4-8-16(18)20(24)22-17-11-10-15(21(25)26)12-19(17)27-13-14-6-2-1-3-7-14/h1-12,23H,13H2,(H,22,24)(H,25,26). The number of carbonyl (C=O) groups excluding carboxylic acids is 1. The van der Waals surface area contributed by atoms with Crippen molar-refractivity contribution in [1.82, 2.24) is 0 Å². The average molecular weight is 363 g/mol. The van der Waals surface area contributed by atoms with E-state index in [9.17, 15) is 19.8 Å². The molecule has 0 atom stereocenters. The van der Waals surface area contributed by atoms with Gasteiger partial charge in [0.2, 0.25) is 0 Å². The van der Waals surface area contributed by atoms with Gasteiger partial charge in [-0.2, -0.15) is 0 Å². The number of carboxylic acids is 1. The van der Waals surface area contributed by atoms with Crippen LogP contribution in [0.25, 0.3) is 0 Å². The van der Waals surface area contributed by atoms with Gasteiger partial charge < -0.3 is 20.3 Å². The number of ether oxygens (including phenoxy) is 1. The summed E-state index contributed by atoms with van der Waals surface area (Å²) in [6, 6.07) is 19.7. The van der Waals surface area contributed by atoms with Gasteiger partial charge in [-0.15, -0.1) is 0 Å². The van der Waals surface area contributed by atoms with Crippen LogP contribution in [0, 0.1) is 0 Å². The number of hydrogen-bond acceptors (Lipinski definition) is 4. The van der Waals surface area contributed by atoms with Crippen LogP contribution in [0.5, 0.6) is 11.5 Å². The van der Waals surface area contributed by atoms with Crippen LogP contribution in [0.1, 0.15) is 26.3 Å². The summed E-state index contributed by atoms with van der Waals surface area (Å²) in [6.07, 6.45) is 0. The highest BCUT2D eigenvalue weighted by molar-refractivity contribution is 6.07. The maximum atomic E-state index is 12.4. The lowest BCUT2D eigenvalue weighted by atomic mass is 10.1. The minimum atomic E-state index is -1.10. The monoisotopic (exact) mass is 363 g/mol. The summed E-state index contributed by atoms with van der Waals surface area (Å²) in [5.74, 6) is -1.55. The number of rotatable bonds is 6. The zero-order valence-electron chi connectivity index (χ0n) is 14.3. The van der Waals surface area contributed by atoms with Crippen LogP contribution in [0.15, 0.2) is 72.8 Å². The zero-order chi connectivity index (χ0) is 19.2. The Morgan fingerprint density at radius 1 is 0.926 bits per heavy atom. The van der Waals surface area contributed by atoms with Crippen molar-refractivity contribution in [2.24, 2.45) is 0 Å². The summed E-state index contributed by atoms with van der Waals surface area (Å²) >= 11 is 0. The Morgan fingerprint density at radius 3 is 2.33 bits per heavy atom. The summed E-state index contributed by atoms with van der Waals surface area (Å²) in [4.78, 5) is 23.7. The van der Waals surface area contributed by atoms with E-state index in [1.807, 2.05) is 30.3 Å². The number of hydrogen-bond donors (Lipinski definition) is 3. The van der Waals surface area contributed by atoms with Crippen LogP contribution in [-0.4, -0.2) is 22.1 Å². The molecule has 0 saturated carbocycles. The van der Waals surface area contributed by atoms with Gasteiger partial charge in [0.15, 0.2) is 0 Å². The lowest BCUT2D eigenvalue weighted by molar-refractivity contribution is 0.0696. The molecule has 0 bridgehead atoms. The lowest BCUT2D eigenvalue weighted by Gasteiger charge is -2.14. The summed E-state index contributed by atoms with van der Waals surface area (Å²) in [7, 11) is 0. The molecule has 6 nitrogen and oxygen atoms in total. The molecule has 136 valence electrons. The average Bonchev–Trinajstić information content (AvgIpc) is 2.68. The molecule has 1 amide bonds. The van der Waals surface area contributed by atoms with Crippen molar-refractivity contribution in [1.29, 1.82) is 0 Å². The van der Waals surface area contributed by atoms with Gasteiger partial charge in [-0.3, -0.25) is 4.79 Å². The maximum absolute atomic E-state index is 12.4. The molecule has 0 spiro atoms. The molecular formula is C21H17NO5. The molecule has 0 heterocycles. The highest BCUT2D eigenvalue weighted by atomic mass is 16.5. The van der Waals surface area contributed by atoms with Crippen molar-refractivity contribution in [2.45, 2.75) is 6.61 Å². The fraction of sp³-hybridized carbons (Fsp3) is 0.0476. The summed E-state index contributed by atoms with van der Waals surface area (Å²) in [6.45, 7) is 0.212. The normalized spacial score (nSPS) is 10.2. The number of anilines is 1. The molecule has 0 aliphatic rings. The summed E-state index contributed by atoms with van der Waals surface area (Å²) in [5.41, 5.74) is 1.35. The SMILES string of the molecule is O=C(O)c1ccc(NC(=O)c2ccccc2O)c(OCc2ccccc2)c1. The number of phenols is 1. The molecule has 3 aromatic carbocycles. The molecule has 0 aromatic heterocycles. The van der Waals surface area contributed by atoms with Gasteiger partial charge in [-0.1, -0.05) is 42.5 Å². The van der Waals surface area contributed by atoms with E-state index < -0.39 is 11.9 Å². The Kier molecular flexibility index (Phi) is 5.37. The van der Waals surface area contributed by atoms with Crippen molar-refractivity contribution in [3.63, 3.8) is 0 Å². The van der Waals surface area contributed by atoms with Crippen molar-refractivity contribution < 1.29 is 24.5 Å². The zero-order valence-corrected chi connectivity index (χ0v) is 14.3. The number of aromatic carboxylic acids is 1. The fourth-order valence-corrected chi connectivity index (χ4v) is 2.47. The van der Waals surface area contributed by atoms with Gasteiger partial charge in [0.25, 0.3) is 5.91 Å². The van der Waals surface area contributed by atoms with Crippen LogP contribution in [0.2, 0.25) is 0 Å². The van der Waals surface area contributed by atoms with Crippen LogP contribution in [-0.2, 0) is 6.61 Å². The third-order valence-electron chi connectivity index (χ3n) is 3.86. The lowest BCUT2D eigenvalue weighted by Crippen LogP contribution is -2.13. The second-order valence-corrected chi connectivity index (χ2v) is 5.76. The number of para-hydroxylation sites is 1. The summed E-state index contributed by atoms with van der Waals surface area (Å²) < 4.78 is 5.74. The van der Waals surface area contributed by atoms with Gasteiger partial charge in [0, 0.05) is 0 Å². The van der Waals surface area contributed by atoms with Gasteiger partial charge >= 0.3 is 5.97 Å². The van der Waals surface area contributed by atoms with Crippen molar-refractivity contribution in [2.75, 3.05) is 5.32 Å². The Bertz CT molecular complexity index is 969. The smallest absolute Gasteiger partial charge is 0.335 e. The molecule has 6 heteroatoms. The number of carbonyl (C=O) groups is 2. The van der Waals surface area contributed by atoms with E-state index >= 15 is 0 Å². The molecule has 0 fully saturated rings. The van der Waals surface area contributed by atoms with Gasteiger partial charge in [0.1, 0.15) is 18.1 Å². The highest BCUT2D eigenvalue weighted by Crippen LogP contribution is 2.28. The second kappa shape index (κ2) is 8.05. The van der Waals surface area contributed by atoms with Crippen molar-refractivity contribution in [3.05, 3.63) is 89.5 Å². The molecule has 0 radical (unpaired) electrons. The van der Waals surface area contributed by atoms with E-state index in [0.29, 0.717) is 5.69 Å². The molecule has 0 unspecified atom stereocenters. The van der Waals surface area contributed by atoms with E-state index in [0.717, 1.165) is 5.56 Å². The third kappa shape index (κ3) is 4.43. The van der Waals surface area contributed by atoms with E-state index in [4.69, 9.17) is 4.74 Å². The van der Waals surface area contributed by atoms with Gasteiger partial charge in [0.05, 0.1) is 16.8 Å². The van der Waals surface area contributed by atoms with Crippen molar-refractivity contribution in [3.8, 4) is 11.5 Å². The minimum absolute atomic E-state index is 0.0404. The maximum Gasteiger partial charge on any atom is 0.335 e. The minimum Gasteiger partial charge on any atom is -0.507 e. The van der Waals surface area contributed by atoms with E-state index in [2.05, 4.69) is 5.32 Å². The summed E-state index contributed by atoms with van der Waals surface area (Å²) in [5, 5.41) is 21.7. The number of phenolic OH excluding ortho intramolecular Hbond substituents is 1. The first-order valence-corrected chi connectivity index (χ1v) is 8.18. The molecule has 0 aliphatic heterocycles. The van der Waals surface area contributed by atoms with Crippen LogP contribution >= 0.6 is 0 Å². The number of aromatic hydroxyl groups is 1. The molecule has 0 aliphatic carbocycles. The Hall–Kier alpha value is -3.80. The Morgan fingerprint density at radius 2 is 1.63 bits per heavy atom. The number of amides is 1. The van der Waals surface area contributed by atoms with E-state index in [1.165, 1.54) is 30.3 Å². The van der Waals surface area contributed by atoms with Crippen LogP contribution < -0.4 is 10.1 Å². The first kappa shape index (κ1) is 18.0. The predicted octanol–water partition coefficient (Wildman–Crippen LogP) is 3.92. The highest BCUT2D eigenvalue weighted by Gasteiger charge is 2.15. The molecule has 3 aromatic rings. The number of carboxylic acid groups (broad SMARTS) is 1. The fourth-order valence-electron chi connectivity index (χ4n) is 2.47. The predicted molar refractivity (Wildman–Crippen MR) is 100 cm³/mol. The third-order valence-corrected chi connectivity index (χ3v) is 3.86. The first-order valence-electron chi connectivity index (χ1n) is 8.18. The Labute approximate surface area is 155 Å². The molecule has 27 heavy (non-hydrogen) atoms. The van der Waals surface area contributed by atoms with E-state index in [1.54, 1.807) is 12.1 Å². The molecule has 3 N–H and O–H groups in total. The molecule has 0 saturated heterocycles. The molecule has 3 rings (SSSR count). The quantitative estimate of drug-likeness (QED) is 0.617. The van der Waals surface area contributed by atoms with Crippen molar-refractivity contribution >= 4 is 17.6 Å². The largest absolute Gasteiger partial charge is 0.507 e. The number of benzene rings is 3. The molecular weight excluding hydrogens is 346 g/mol. The van der Waals surface area contributed by atoms with Crippen LogP contribution in [0.3, 0.4) is 0 Å².